The van der Waals surface area contributed by atoms with Crippen LogP contribution in [0.5, 0.6) is 0 Å². The Balaban J connectivity index is 2.61. The lowest BCUT2D eigenvalue weighted by atomic mass is 10.1. The van der Waals surface area contributed by atoms with Crippen LogP contribution in [0.1, 0.15) is 24.2 Å². The second kappa shape index (κ2) is 5.77. The van der Waals surface area contributed by atoms with Gasteiger partial charge in [-0.2, -0.15) is 0 Å². The average molecular weight is 240 g/mol. The van der Waals surface area contributed by atoms with Crippen LogP contribution in [0.3, 0.4) is 0 Å². The predicted molar refractivity (Wildman–Crippen MR) is 64.8 cm³/mol. The van der Waals surface area contributed by atoms with Crippen molar-refractivity contribution in [3.8, 4) is 0 Å². The van der Waals surface area contributed by atoms with Crippen molar-refractivity contribution >= 4 is 18.1 Å². The summed E-state index contributed by atoms with van der Waals surface area (Å²) in [4.78, 5) is 14.5. The van der Waals surface area contributed by atoms with E-state index < -0.39 is 6.10 Å². The third kappa shape index (κ3) is 3.43. The first-order valence-electron chi connectivity index (χ1n) is 5.16. The molecule has 0 spiro atoms. The standard InChI is InChI=1S/C11H16N2O2S/c1-7(2)9(14)6-13-10(15)8-4-3-5-12-11(8)16/h3-5,7,9,14H,6H2,1-2H3,(H,12,16)(H,13,15). The molecular formula is C11H16N2O2S. The van der Waals surface area contributed by atoms with Gasteiger partial charge in [-0.15, -0.1) is 0 Å². The van der Waals surface area contributed by atoms with Crippen LogP contribution in [0.4, 0.5) is 0 Å². The van der Waals surface area contributed by atoms with Crippen LogP contribution in [-0.2, 0) is 0 Å². The van der Waals surface area contributed by atoms with E-state index in [1.165, 1.54) is 0 Å². The van der Waals surface area contributed by atoms with Crippen LogP contribution < -0.4 is 5.32 Å². The van der Waals surface area contributed by atoms with E-state index in [0.717, 1.165) is 0 Å². The molecule has 1 aromatic heterocycles. The molecule has 1 atom stereocenters. The molecule has 0 aromatic carbocycles. The maximum absolute atomic E-state index is 11.7. The fourth-order valence-electron chi connectivity index (χ4n) is 1.13. The third-order valence-electron chi connectivity index (χ3n) is 2.30. The topological polar surface area (TPSA) is 65.1 Å². The van der Waals surface area contributed by atoms with Crippen LogP contribution in [0.15, 0.2) is 18.3 Å². The molecule has 3 N–H and O–H groups in total. The van der Waals surface area contributed by atoms with Gasteiger partial charge >= 0.3 is 0 Å². The minimum Gasteiger partial charge on any atom is -0.391 e. The first kappa shape index (κ1) is 12.9. The van der Waals surface area contributed by atoms with Gasteiger partial charge in [-0.1, -0.05) is 26.1 Å². The Labute approximate surface area is 99.7 Å². The monoisotopic (exact) mass is 240 g/mol. The van der Waals surface area contributed by atoms with E-state index in [1.54, 1.807) is 18.3 Å². The van der Waals surface area contributed by atoms with E-state index >= 15 is 0 Å². The zero-order valence-electron chi connectivity index (χ0n) is 9.36. The number of hydrogen-bond acceptors (Lipinski definition) is 3. The number of nitrogens with one attached hydrogen (secondary N) is 2. The maximum Gasteiger partial charge on any atom is 0.254 e. The highest BCUT2D eigenvalue weighted by Gasteiger charge is 2.12. The highest BCUT2D eigenvalue weighted by Crippen LogP contribution is 2.02. The molecular weight excluding hydrogens is 224 g/mol. The Morgan fingerprint density at radius 2 is 2.31 bits per heavy atom. The second-order valence-corrected chi connectivity index (χ2v) is 4.34. The fraction of sp³-hybridized carbons (Fsp3) is 0.455. The molecule has 0 aliphatic rings. The van der Waals surface area contributed by atoms with E-state index in [-0.39, 0.29) is 18.4 Å². The summed E-state index contributed by atoms with van der Waals surface area (Å²) in [7, 11) is 0. The molecule has 0 saturated heterocycles. The number of aliphatic hydroxyl groups is 1. The van der Waals surface area contributed by atoms with Crippen molar-refractivity contribution in [2.45, 2.75) is 20.0 Å². The molecule has 16 heavy (non-hydrogen) atoms. The Kier molecular flexibility index (Phi) is 4.64. The van der Waals surface area contributed by atoms with Crippen LogP contribution in [0, 0.1) is 10.6 Å². The molecule has 88 valence electrons. The maximum atomic E-state index is 11.7. The molecule has 0 aliphatic carbocycles. The molecule has 0 radical (unpaired) electrons. The van der Waals surface area contributed by atoms with Gasteiger partial charge in [-0.3, -0.25) is 4.79 Å². The highest BCUT2D eigenvalue weighted by molar-refractivity contribution is 7.71. The Morgan fingerprint density at radius 3 is 2.88 bits per heavy atom. The molecule has 1 unspecified atom stereocenters. The summed E-state index contributed by atoms with van der Waals surface area (Å²) in [5, 5.41) is 12.2. The summed E-state index contributed by atoms with van der Waals surface area (Å²) in [5.74, 6) is -0.146. The zero-order valence-corrected chi connectivity index (χ0v) is 10.2. The molecule has 4 nitrogen and oxygen atoms in total. The lowest BCUT2D eigenvalue weighted by Gasteiger charge is -2.14. The van der Waals surface area contributed by atoms with Gasteiger partial charge < -0.3 is 15.4 Å². The molecule has 1 rings (SSSR count). The summed E-state index contributed by atoms with van der Waals surface area (Å²) in [6.45, 7) is 4.03. The van der Waals surface area contributed by atoms with E-state index in [1.807, 2.05) is 13.8 Å². The van der Waals surface area contributed by atoms with E-state index in [9.17, 15) is 9.90 Å². The lowest BCUT2D eigenvalue weighted by Crippen LogP contribution is -2.34. The molecule has 0 bridgehead atoms. The van der Waals surface area contributed by atoms with Crippen molar-refractivity contribution in [2.24, 2.45) is 5.92 Å². The van der Waals surface area contributed by atoms with Crippen LogP contribution >= 0.6 is 12.2 Å². The summed E-state index contributed by atoms with van der Waals surface area (Å²) in [5.41, 5.74) is 0.424. The SMILES string of the molecule is CC(C)C(O)CNC(=O)c1ccc[nH]c1=S. The minimum atomic E-state index is -0.537. The van der Waals surface area contributed by atoms with Crippen molar-refractivity contribution in [3.63, 3.8) is 0 Å². The van der Waals surface area contributed by atoms with Crippen LogP contribution in [0.2, 0.25) is 0 Å². The fourth-order valence-corrected chi connectivity index (χ4v) is 1.36. The van der Waals surface area contributed by atoms with E-state index in [0.29, 0.717) is 10.2 Å². The summed E-state index contributed by atoms with van der Waals surface area (Å²) in [6, 6.07) is 3.36. The highest BCUT2D eigenvalue weighted by atomic mass is 32.1. The molecule has 1 heterocycles. The number of amides is 1. The van der Waals surface area contributed by atoms with E-state index in [2.05, 4.69) is 10.3 Å². The predicted octanol–water partition coefficient (Wildman–Crippen LogP) is 1.49. The number of aliphatic hydroxyl groups excluding tert-OH is 1. The number of hydrogen-bond donors (Lipinski definition) is 3. The van der Waals surface area contributed by atoms with Crippen LogP contribution in [-0.4, -0.2) is 28.6 Å². The minimum absolute atomic E-state index is 0.116. The first-order valence-corrected chi connectivity index (χ1v) is 5.57. The Morgan fingerprint density at radius 1 is 1.62 bits per heavy atom. The number of aromatic nitrogens is 1. The molecule has 1 amide bonds. The lowest BCUT2D eigenvalue weighted by molar-refractivity contribution is 0.0871. The number of pyridine rings is 1. The summed E-state index contributed by atoms with van der Waals surface area (Å²) in [6.07, 6.45) is 1.13. The van der Waals surface area contributed by atoms with Crippen molar-refractivity contribution in [2.75, 3.05) is 6.54 Å². The van der Waals surface area contributed by atoms with Gasteiger partial charge in [0, 0.05) is 12.7 Å². The van der Waals surface area contributed by atoms with Crippen LogP contribution in [0.25, 0.3) is 0 Å². The smallest absolute Gasteiger partial charge is 0.254 e. The number of carbonyl (C=O) groups is 1. The average Bonchev–Trinajstić information content (AvgIpc) is 2.25. The van der Waals surface area contributed by atoms with Crippen molar-refractivity contribution in [1.82, 2.24) is 10.3 Å². The zero-order chi connectivity index (χ0) is 12.1. The van der Waals surface area contributed by atoms with Crippen molar-refractivity contribution in [3.05, 3.63) is 28.5 Å². The molecule has 0 saturated carbocycles. The Bertz CT molecular complexity index is 414. The molecule has 1 aromatic rings. The Hall–Kier alpha value is -1.20. The van der Waals surface area contributed by atoms with Gasteiger partial charge in [0.05, 0.1) is 11.7 Å². The van der Waals surface area contributed by atoms with Gasteiger partial charge in [0.2, 0.25) is 0 Å². The van der Waals surface area contributed by atoms with Crippen molar-refractivity contribution < 1.29 is 9.90 Å². The third-order valence-corrected chi connectivity index (χ3v) is 2.64. The van der Waals surface area contributed by atoms with Gasteiger partial charge in [0.25, 0.3) is 5.91 Å². The molecule has 0 aliphatic heterocycles. The summed E-state index contributed by atoms with van der Waals surface area (Å²) < 4.78 is 0.402. The number of carbonyl (C=O) groups excluding carboxylic acids is 1. The largest absolute Gasteiger partial charge is 0.391 e. The summed E-state index contributed by atoms with van der Waals surface area (Å²) >= 11 is 4.98. The molecule has 0 fully saturated rings. The number of H-pyrrole nitrogens is 1. The molecule has 5 heteroatoms. The first-order chi connectivity index (χ1) is 7.52. The quantitative estimate of drug-likeness (QED) is 0.699. The van der Waals surface area contributed by atoms with E-state index in [4.69, 9.17) is 12.2 Å². The van der Waals surface area contributed by atoms with Gasteiger partial charge in [-0.25, -0.2) is 0 Å². The van der Waals surface area contributed by atoms with Gasteiger partial charge in [0.1, 0.15) is 4.64 Å². The van der Waals surface area contributed by atoms with Gasteiger partial charge in [0.15, 0.2) is 0 Å². The normalized spacial score (nSPS) is 12.5. The number of rotatable bonds is 4. The number of aromatic amines is 1. The van der Waals surface area contributed by atoms with Gasteiger partial charge in [-0.05, 0) is 18.1 Å². The second-order valence-electron chi connectivity index (χ2n) is 3.93. The van der Waals surface area contributed by atoms with Crippen molar-refractivity contribution in [1.29, 1.82) is 0 Å².